The number of fused-ring (bicyclic) bond motifs is 1. The van der Waals surface area contributed by atoms with Crippen LogP contribution in [-0.2, 0) is 4.79 Å². The summed E-state index contributed by atoms with van der Waals surface area (Å²) in [5.74, 6) is 0.324. The second-order valence-electron chi connectivity index (χ2n) is 6.66. The van der Waals surface area contributed by atoms with Gasteiger partial charge in [0.15, 0.2) is 5.65 Å². The van der Waals surface area contributed by atoms with E-state index in [0.717, 1.165) is 5.56 Å². The lowest BCUT2D eigenvalue weighted by molar-refractivity contribution is -0.116. The minimum Gasteiger partial charge on any atom is -0.492 e. The van der Waals surface area contributed by atoms with Crippen LogP contribution < -0.4 is 15.6 Å². The molecule has 3 aromatic rings. The second kappa shape index (κ2) is 8.44. The number of amides is 1. The maximum atomic E-state index is 12.9. The summed E-state index contributed by atoms with van der Waals surface area (Å²) in [5.41, 5.74) is 2.25. The third kappa shape index (κ3) is 4.04. The van der Waals surface area contributed by atoms with Crippen molar-refractivity contribution >= 4 is 11.6 Å². The van der Waals surface area contributed by atoms with Crippen LogP contribution in [0.4, 0.5) is 0 Å². The van der Waals surface area contributed by atoms with E-state index in [0.29, 0.717) is 41.4 Å². The van der Waals surface area contributed by atoms with Crippen LogP contribution in [0.5, 0.6) is 5.75 Å². The molecule has 8 nitrogen and oxygen atoms in total. The molecular weight excluding hydrogens is 370 g/mol. The van der Waals surface area contributed by atoms with Gasteiger partial charge in [0.1, 0.15) is 24.0 Å². The van der Waals surface area contributed by atoms with Crippen molar-refractivity contribution in [3.8, 4) is 23.1 Å². The molecule has 0 aliphatic heterocycles. The zero-order valence-corrected chi connectivity index (χ0v) is 16.2. The summed E-state index contributed by atoms with van der Waals surface area (Å²) in [6.45, 7) is 7.92. The predicted octanol–water partition coefficient (Wildman–Crippen LogP) is 2.37. The molecule has 1 aromatic carbocycles. The molecule has 0 unspecified atom stereocenters. The van der Waals surface area contributed by atoms with Crippen LogP contribution in [0.1, 0.15) is 30.9 Å². The van der Waals surface area contributed by atoms with Crippen molar-refractivity contribution in [3.63, 3.8) is 0 Å². The molecule has 0 radical (unpaired) electrons. The first kappa shape index (κ1) is 19.9. The number of rotatable bonds is 7. The molecule has 0 fully saturated rings. The molecule has 148 valence electrons. The third-order valence-corrected chi connectivity index (χ3v) is 4.38. The SMILES string of the molecule is C=CC(=O)NCCOc1ccc(-c2nc3c(C#N)c[nH]n3c(=O)c2C(C)C)cc1. The Labute approximate surface area is 167 Å². The fourth-order valence-electron chi connectivity index (χ4n) is 2.98. The standard InChI is InChI=1S/C21H21N5O3/c1-4-17(27)23-9-10-29-16-7-5-14(6-8-16)19-18(13(2)3)21(28)26-20(25-19)15(11-22)12-24-26/h4-8,12-13,24H,1,9-10H2,2-3H3,(H,23,27). The smallest absolute Gasteiger partial charge is 0.276 e. The van der Waals surface area contributed by atoms with Gasteiger partial charge in [-0.2, -0.15) is 5.26 Å². The molecule has 8 heteroatoms. The molecule has 29 heavy (non-hydrogen) atoms. The monoisotopic (exact) mass is 391 g/mol. The predicted molar refractivity (Wildman–Crippen MR) is 109 cm³/mol. The van der Waals surface area contributed by atoms with Crippen molar-refractivity contribution in [2.75, 3.05) is 13.2 Å². The van der Waals surface area contributed by atoms with E-state index in [9.17, 15) is 14.9 Å². The Bertz CT molecular complexity index is 1150. The van der Waals surface area contributed by atoms with Gasteiger partial charge in [-0.3, -0.25) is 14.7 Å². The van der Waals surface area contributed by atoms with Gasteiger partial charge in [0.05, 0.1) is 12.2 Å². The lowest BCUT2D eigenvalue weighted by Gasteiger charge is -2.13. The van der Waals surface area contributed by atoms with Gasteiger partial charge in [-0.1, -0.05) is 20.4 Å². The molecule has 0 saturated carbocycles. The minimum atomic E-state index is -0.251. The van der Waals surface area contributed by atoms with Crippen LogP contribution in [0.2, 0.25) is 0 Å². The topological polar surface area (TPSA) is 112 Å². The van der Waals surface area contributed by atoms with E-state index in [1.54, 1.807) is 12.1 Å². The molecule has 0 bridgehead atoms. The lowest BCUT2D eigenvalue weighted by Crippen LogP contribution is -2.26. The number of carbonyl (C=O) groups is 1. The number of hydrogen-bond donors (Lipinski definition) is 2. The van der Waals surface area contributed by atoms with E-state index < -0.39 is 0 Å². The number of nitriles is 1. The van der Waals surface area contributed by atoms with Gasteiger partial charge in [0, 0.05) is 17.3 Å². The first-order chi connectivity index (χ1) is 14.0. The summed E-state index contributed by atoms with van der Waals surface area (Å²) in [6.07, 6.45) is 2.68. The number of nitrogens with zero attached hydrogens (tertiary/aromatic N) is 3. The van der Waals surface area contributed by atoms with Crippen molar-refractivity contribution in [1.82, 2.24) is 19.9 Å². The highest BCUT2D eigenvalue weighted by Gasteiger charge is 2.19. The van der Waals surface area contributed by atoms with Gasteiger partial charge in [-0.05, 0) is 36.3 Å². The highest BCUT2D eigenvalue weighted by molar-refractivity contribution is 5.86. The van der Waals surface area contributed by atoms with Crippen LogP contribution in [0.15, 0.2) is 47.9 Å². The first-order valence-electron chi connectivity index (χ1n) is 9.14. The number of H-pyrrole nitrogens is 1. The molecule has 0 aliphatic rings. The molecular formula is C21H21N5O3. The number of ether oxygens (including phenoxy) is 1. The molecule has 3 rings (SSSR count). The third-order valence-electron chi connectivity index (χ3n) is 4.38. The van der Waals surface area contributed by atoms with E-state index in [4.69, 9.17) is 4.74 Å². The summed E-state index contributed by atoms with van der Waals surface area (Å²) in [5, 5.41) is 14.7. The average Bonchev–Trinajstić information content (AvgIpc) is 3.14. The van der Waals surface area contributed by atoms with Crippen LogP contribution in [0.3, 0.4) is 0 Å². The van der Waals surface area contributed by atoms with Gasteiger partial charge in [-0.15, -0.1) is 0 Å². The summed E-state index contributed by atoms with van der Waals surface area (Å²) >= 11 is 0. The maximum absolute atomic E-state index is 12.9. The second-order valence-corrected chi connectivity index (χ2v) is 6.66. The van der Waals surface area contributed by atoms with Crippen molar-refractivity contribution in [2.24, 2.45) is 0 Å². The average molecular weight is 391 g/mol. The van der Waals surface area contributed by atoms with Gasteiger partial charge < -0.3 is 10.1 Å². The minimum absolute atomic E-state index is 0.0554. The number of hydrogen-bond acceptors (Lipinski definition) is 5. The van der Waals surface area contributed by atoms with E-state index in [1.165, 1.54) is 16.8 Å². The van der Waals surface area contributed by atoms with E-state index >= 15 is 0 Å². The van der Waals surface area contributed by atoms with Crippen molar-refractivity contribution in [1.29, 1.82) is 5.26 Å². The molecule has 0 spiro atoms. The van der Waals surface area contributed by atoms with Crippen molar-refractivity contribution in [3.05, 3.63) is 64.6 Å². The van der Waals surface area contributed by atoms with Crippen LogP contribution in [0, 0.1) is 11.3 Å². The van der Waals surface area contributed by atoms with Crippen molar-refractivity contribution < 1.29 is 9.53 Å². The Morgan fingerprint density at radius 1 is 1.41 bits per heavy atom. The number of nitrogens with one attached hydrogen (secondary N) is 2. The lowest BCUT2D eigenvalue weighted by atomic mass is 9.98. The fraction of sp³-hybridized carbons (Fsp3) is 0.238. The quantitative estimate of drug-likeness (QED) is 0.474. The van der Waals surface area contributed by atoms with E-state index in [-0.39, 0.29) is 17.4 Å². The zero-order valence-electron chi connectivity index (χ0n) is 16.2. The van der Waals surface area contributed by atoms with Crippen LogP contribution in [0.25, 0.3) is 16.9 Å². The summed E-state index contributed by atoms with van der Waals surface area (Å²) in [6, 6.07) is 9.24. The largest absolute Gasteiger partial charge is 0.492 e. The van der Waals surface area contributed by atoms with Gasteiger partial charge >= 0.3 is 0 Å². The summed E-state index contributed by atoms with van der Waals surface area (Å²) in [4.78, 5) is 28.7. The molecule has 0 aliphatic carbocycles. The molecule has 2 heterocycles. The van der Waals surface area contributed by atoms with E-state index in [1.807, 2.05) is 32.0 Å². The summed E-state index contributed by atoms with van der Waals surface area (Å²) in [7, 11) is 0. The zero-order chi connectivity index (χ0) is 21.0. The van der Waals surface area contributed by atoms with Gasteiger partial charge in [0.2, 0.25) is 5.91 Å². The number of benzene rings is 1. The molecule has 2 aromatic heterocycles. The van der Waals surface area contributed by atoms with Gasteiger partial charge in [-0.25, -0.2) is 9.50 Å². The Morgan fingerprint density at radius 3 is 2.76 bits per heavy atom. The maximum Gasteiger partial charge on any atom is 0.276 e. The molecule has 1 amide bonds. The highest BCUT2D eigenvalue weighted by Crippen LogP contribution is 2.27. The Hall–Kier alpha value is -3.86. The van der Waals surface area contributed by atoms with Crippen LogP contribution in [-0.4, -0.2) is 33.7 Å². The first-order valence-corrected chi connectivity index (χ1v) is 9.14. The van der Waals surface area contributed by atoms with E-state index in [2.05, 4.69) is 22.0 Å². The number of aromatic amines is 1. The Morgan fingerprint density at radius 2 is 2.14 bits per heavy atom. The normalized spacial score (nSPS) is 10.7. The van der Waals surface area contributed by atoms with Crippen LogP contribution >= 0.6 is 0 Å². The number of carbonyl (C=O) groups excluding carboxylic acids is 1. The molecule has 0 atom stereocenters. The number of aromatic nitrogens is 3. The summed E-state index contributed by atoms with van der Waals surface area (Å²) < 4.78 is 6.90. The Kier molecular flexibility index (Phi) is 5.79. The highest BCUT2D eigenvalue weighted by atomic mass is 16.5. The van der Waals surface area contributed by atoms with Crippen molar-refractivity contribution in [2.45, 2.75) is 19.8 Å². The Balaban J connectivity index is 1.91. The van der Waals surface area contributed by atoms with Gasteiger partial charge in [0.25, 0.3) is 5.56 Å². The fourth-order valence-corrected chi connectivity index (χ4v) is 2.98. The molecule has 0 saturated heterocycles. The molecule has 2 N–H and O–H groups in total.